The first-order chi connectivity index (χ1) is 24.9. The average molecular weight is 717 g/mol. The topological polar surface area (TPSA) is 154 Å². The van der Waals surface area contributed by atoms with E-state index in [0.29, 0.717) is 52.1 Å². The molecule has 5 unspecified atom stereocenters. The summed E-state index contributed by atoms with van der Waals surface area (Å²) >= 11 is 1.40. The molecule has 1 aliphatic heterocycles. The van der Waals surface area contributed by atoms with Crippen molar-refractivity contribution in [2.24, 2.45) is 22.2 Å². The minimum Gasteiger partial charge on any atom is -0.508 e. The predicted octanol–water partition coefficient (Wildman–Crippen LogP) is 6.80. The number of carbonyl (C=O) groups excluding carboxylic acids is 1. The quantitative estimate of drug-likeness (QED) is 0.142. The average Bonchev–Trinajstić information content (AvgIpc) is 3.46. The number of carboxylic acids is 1. The van der Waals surface area contributed by atoms with E-state index >= 15 is 0 Å². The Labute approximate surface area is 304 Å². The number of aromatic nitrogens is 4. The van der Waals surface area contributed by atoms with E-state index < -0.39 is 11.6 Å². The van der Waals surface area contributed by atoms with Crippen LogP contribution in [0.1, 0.15) is 83.1 Å². The number of phenolic OH excluding ortho intramolecular Hbond substituents is 1. The first-order valence-corrected chi connectivity index (χ1v) is 18.9. The number of phenols is 1. The van der Waals surface area contributed by atoms with Crippen molar-refractivity contribution in [3.8, 4) is 16.9 Å². The fraction of sp³-hybridized carbons (Fsp3) is 0.425. The molecule has 5 fully saturated rings. The molecule has 0 radical (unpaired) electrons. The molecule has 5 aromatic rings. The van der Waals surface area contributed by atoms with Gasteiger partial charge in [0, 0.05) is 47.6 Å². The normalized spacial score (nSPS) is 29.6. The summed E-state index contributed by atoms with van der Waals surface area (Å²) < 4.78 is 3.01. The second-order valence-electron chi connectivity index (χ2n) is 16.8. The molecule has 1 spiro atoms. The van der Waals surface area contributed by atoms with Crippen LogP contribution in [0, 0.1) is 29.1 Å². The molecule has 5 aliphatic carbocycles. The maximum absolute atomic E-state index is 13.6. The summed E-state index contributed by atoms with van der Waals surface area (Å²) in [5.41, 5.74) is 4.53. The molecule has 5 atom stereocenters. The summed E-state index contributed by atoms with van der Waals surface area (Å²) in [6.45, 7) is 5.84. The summed E-state index contributed by atoms with van der Waals surface area (Å²) in [7, 11) is 0. The van der Waals surface area contributed by atoms with Gasteiger partial charge in [0.05, 0.1) is 22.0 Å². The van der Waals surface area contributed by atoms with Crippen LogP contribution in [0.3, 0.4) is 0 Å². The zero-order valence-corrected chi connectivity index (χ0v) is 30.0. The number of rotatable bonds is 7. The van der Waals surface area contributed by atoms with Crippen molar-refractivity contribution >= 4 is 44.4 Å². The van der Waals surface area contributed by atoms with E-state index in [-0.39, 0.29) is 40.1 Å². The van der Waals surface area contributed by atoms with E-state index in [1.165, 1.54) is 24.2 Å². The first kappa shape index (κ1) is 31.9. The number of hydrogen-bond acceptors (Lipinski definition) is 9. The Morgan fingerprint density at radius 1 is 1.00 bits per heavy atom. The lowest BCUT2D eigenvalue weighted by Gasteiger charge is -2.64. The Bertz CT molecular complexity index is 2300. The van der Waals surface area contributed by atoms with E-state index in [1.807, 2.05) is 52.9 Å². The largest absolute Gasteiger partial charge is 0.508 e. The number of aromatic carboxylic acids is 1. The van der Waals surface area contributed by atoms with Gasteiger partial charge in [-0.1, -0.05) is 30.4 Å². The highest BCUT2D eigenvalue weighted by Gasteiger charge is 2.78. The van der Waals surface area contributed by atoms with Gasteiger partial charge in [-0.3, -0.25) is 14.8 Å². The molecule has 12 heteroatoms. The highest BCUT2D eigenvalue weighted by atomic mass is 32.1. The van der Waals surface area contributed by atoms with Gasteiger partial charge in [-0.25, -0.2) is 14.8 Å². The summed E-state index contributed by atoms with van der Waals surface area (Å²) in [6.07, 6.45) is 8.38. The first-order valence-electron chi connectivity index (χ1n) is 18.1. The van der Waals surface area contributed by atoms with Crippen molar-refractivity contribution in [3.05, 3.63) is 82.8 Å². The standard InChI is InChI=1S/C40H40N6O5S/c1-22-26(14-41-46(22)21-39-17-37(2)16-38(13-31(38)39)19-40(51,18-37)20-39)24-8-10-32(43-33(24)35(49)50)45-12-11-23-27(15-45)25(7-9-29(23)47)34(48)44-36-42-28-5-3-4-6-30(28)52-36/h3-10,14,31,47,51H,11-13,15-21H2,1-2H3,(H,49,50)(H,42,44,48). The van der Waals surface area contributed by atoms with Crippen LogP contribution in [0.4, 0.5) is 10.9 Å². The van der Waals surface area contributed by atoms with Gasteiger partial charge in [0.2, 0.25) is 0 Å². The summed E-state index contributed by atoms with van der Waals surface area (Å²) in [5, 5.41) is 41.1. The van der Waals surface area contributed by atoms with Crippen molar-refractivity contribution in [2.75, 3.05) is 16.8 Å². The Balaban J connectivity index is 0.928. The van der Waals surface area contributed by atoms with Crippen LogP contribution in [0.2, 0.25) is 0 Å². The molecule has 266 valence electrons. The Morgan fingerprint density at radius 3 is 2.65 bits per heavy atom. The Hall–Kier alpha value is -4.81. The summed E-state index contributed by atoms with van der Waals surface area (Å²) in [6, 6.07) is 14.5. The number of anilines is 2. The lowest BCUT2D eigenvalue weighted by atomic mass is 9.43. The molecule has 11 rings (SSSR count). The Morgan fingerprint density at radius 2 is 1.85 bits per heavy atom. The molecule has 0 saturated heterocycles. The molecular formula is C40H40N6O5S. The van der Waals surface area contributed by atoms with Gasteiger partial charge in [0.25, 0.3) is 5.91 Å². The molecule has 2 aromatic carbocycles. The number of pyridine rings is 1. The van der Waals surface area contributed by atoms with Crippen molar-refractivity contribution < 1.29 is 24.9 Å². The number of aliphatic hydroxyl groups is 1. The fourth-order valence-electron chi connectivity index (χ4n) is 11.7. The fourth-order valence-corrected chi connectivity index (χ4v) is 12.6. The highest BCUT2D eigenvalue weighted by molar-refractivity contribution is 7.22. The number of aromatic hydroxyl groups is 1. The number of hydrogen-bond donors (Lipinski definition) is 4. The van der Waals surface area contributed by atoms with Gasteiger partial charge in [0.15, 0.2) is 10.8 Å². The molecule has 4 heterocycles. The SMILES string of the molecule is Cc1c(-c2ccc(N3CCc4c(O)ccc(C(=O)Nc5nc6ccccc6s5)c4C3)nc2C(=O)O)cnn1CC12CC3(C)CC(O)(CC4(CC41)C3)C2. The van der Waals surface area contributed by atoms with Crippen LogP contribution in [0.15, 0.2) is 54.7 Å². The number of carboxylic acid groups (broad SMARTS) is 1. The molecule has 4 bridgehead atoms. The van der Waals surface area contributed by atoms with Crippen molar-refractivity contribution in [3.63, 3.8) is 0 Å². The summed E-state index contributed by atoms with van der Waals surface area (Å²) in [4.78, 5) is 37.5. The van der Waals surface area contributed by atoms with E-state index in [4.69, 9.17) is 5.10 Å². The molecule has 5 saturated carbocycles. The maximum Gasteiger partial charge on any atom is 0.355 e. The third kappa shape index (κ3) is 4.76. The van der Waals surface area contributed by atoms with Crippen LogP contribution < -0.4 is 10.2 Å². The van der Waals surface area contributed by atoms with Gasteiger partial charge < -0.3 is 20.2 Å². The molecule has 6 aliphatic rings. The Kier molecular flexibility index (Phi) is 6.52. The third-order valence-corrected chi connectivity index (χ3v) is 14.0. The summed E-state index contributed by atoms with van der Waals surface area (Å²) in [5.74, 6) is -0.237. The van der Waals surface area contributed by atoms with Gasteiger partial charge in [0.1, 0.15) is 11.6 Å². The molecule has 11 nitrogen and oxygen atoms in total. The molecule has 4 N–H and O–H groups in total. The highest BCUT2D eigenvalue weighted by Crippen LogP contribution is 2.83. The second kappa shape index (κ2) is 10.6. The molecule has 3 aromatic heterocycles. The van der Waals surface area contributed by atoms with Gasteiger partial charge in [-0.05, 0) is 116 Å². The van der Waals surface area contributed by atoms with Gasteiger partial charge in [-0.2, -0.15) is 5.10 Å². The van der Waals surface area contributed by atoms with Crippen LogP contribution in [-0.4, -0.2) is 59.1 Å². The molecular weight excluding hydrogens is 677 g/mol. The van der Waals surface area contributed by atoms with E-state index in [9.17, 15) is 24.9 Å². The molecule has 52 heavy (non-hydrogen) atoms. The predicted molar refractivity (Wildman–Crippen MR) is 197 cm³/mol. The lowest BCUT2D eigenvalue weighted by Crippen LogP contribution is -2.61. The minimum absolute atomic E-state index is 0.00711. The second-order valence-corrected chi connectivity index (χ2v) is 17.8. The zero-order valence-electron chi connectivity index (χ0n) is 29.1. The van der Waals surface area contributed by atoms with E-state index in [0.717, 1.165) is 53.7 Å². The maximum atomic E-state index is 13.6. The third-order valence-electron chi connectivity index (χ3n) is 13.0. The number of carbonyl (C=O) groups is 2. The number of nitrogens with one attached hydrogen (secondary N) is 1. The van der Waals surface area contributed by atoms with E-state index in [2.05, 4.69) is 22.2 Å². The number of benzene rings is 2. The number of para-hydroxylation sites is 1. The number of thiazole rings is 1. The van der Waals surface area contributed by atoms with Gasteiger partial charge >= 0.3 is 5.97 Å². The minimum atomic E-state index is -1.13. The number of fused-ring (bicyclic) bond motifs is 2. The van der Waals surface area contributed by atoms with Gasteiger partial charge in [-0.15, -0.1) is 0 Å². The zero-order chi connectivity index (χ0) is 35.8. The monoisotopic (exact) mass is 716 g/mol. The van der Waals surface area contributed by atoms with E-state index in [1.54, 1.807) is 18.3 Å². The molecule has 1 amide bonds. The van der Waals surface area contributed by atoms with Crippen LogP contribution in [0.5, 0.6) is 5.75 Å². The number of amides is 1. The van der Waals surface area contributed by atoms with Crippen molar-refractivity contribution in [1.29, 1.82) is 0 Å². The van der Waals surface area contributed by atoms with Crippen molar-refractivity contribution in [2.45, 2.75) is 77.5 Å². The van der Waals surface area contributed by atoms with Crippen LogP contribution in [0.25, 0.3) is 21.3 Å². The lowest BCUT2D eigenvalue weighted by molar-refractivity contribution is -0.203. The number of nitrogens with zero attached hydrogens (tertiary/aromatic N) is 5. The van der Waals surface area contributed by atoms with Crippen molar-refractivity contribution in [1.82, 2.24) is 19.7 Å². The van der Waals surface area contributed by atoms with Crippen LogP contribution in [-0.2, 0) is 19.5 Å². The smallest absolute Gasteiger partial charge is 0.355 e. The van der Waals surface area contributed by atoms with Crippen LogP contribution >= 0.6 is 11.3 Å².